The highest BCUT2D eigenvalue weighted by Gasteiger charge is 2.29. The van der Waals surface area contributed by atoms with Gasteiger partial charge in [-0.25, -0.2) is 9.98 Å². The molecular formula is C30H24N2O4S4. The summed E-state index contributed by atoms with van der Waals surface area (Å²) in [5.41, 5.74) is 3.43. The fourth-order valence-electron chi connectivity index (χ4n) is 4.33. The van der Waals surface area contributed by atoms with Gasteiger partial charge in [-0.15, -0.1) is 46.2 Å². The standard InChI is InChI=1S/C30H24N2O4S4/c1-3-37-29-17-9-5-7-11-19(17)31-27(35-29)23-15-13-21(39-23)25(33)26(34)22-14-16-24(40-22)28-32-20-12-8-6-10-18(20)30(36-28)38-4-2/h5-16,29-30H,3-4H2,1-2H3. The molecule has 10 heteroatoms. The van der Waals surface area contributed by atoms with Crippen LogP contribution in [-0.4, -0.2) is 34.9 Å². The van der Waals surface area contributed by atoms with Crippen LogP contribution in [0.4, 0.5) is 11.4 Å². The summed E-state index contributed by atoms with van der Waals surface area (Å²) in [5, 5.41) is 0. The van der Waals surface area contributed by atoms with E-state index in [-0.39, 0.29) is 10.9 Å². The van der Waals surface area contributed by atoms with Crippen molar-refractivity contribution in [1.82, 2.24) is 0 Å². The number of Topliss-reactive ketones (excluding diaryl/α,β-unsaturated/α-hetero) is 2. The minimum atomic E-state index is -0.558. The SMILES string of the molecule is CCSC1OC(c2ccc(C(=O)C(=O)c3ccc(C4=Nc5ccccc5C(SCC)O4)s3)s2)=Nc2ccccc21. The van der Waals surface area contributed by atoms with Gasteiger partial charge in [0.25, 0.3) is 0 Å². The van der Waals surface area contributed by atoms with Gasteiger partial charge in [0.15, 0.2) is 10.9 Å². The maximum Gasteiger partial charge on any atom is 0.244 e. The molecule has 40 heavy (non-hydrogen) atoms. The molecule has 0 saturated carbocycles. The van der Waals surface area contributed by atoms with Crippen LogP contribution in [0.5, 0.6) is 0 Å². The molecule has 4 heterocycles. The maximum atomic E-state index is 13.2. The molecule has 2 unspecified atom stereocenters. The lowest BCUT2D eigenvalue weighted by Crippen LogP contribution is -2.14. The molecule has 0 radical (unpaired) electrons. The van der Waals surface area contributed by atoms with E-state index in [0.717, 1.165) is 34.0 Å². The molecule has 0 saturated heterocycles. The number of hydrogen-bond acceptors (Lipinski definition) is 10. The van der Waals surface area contributed by atoms with Crippen molar-refractivity contribution in [3.8, 4) is 0 Å². The Morgan fingerprint density at radius 2 is 1.10 bits per heavy atom. The number of aliphatic imine (C=N–C) groups is 2. The molecule has 0 bridgehead atoms. The van der Waals surface area contributed by atoms with Crippen molar-refractivity contribution in [3.05, 3.63) is 103 Å². The third kappa shape index (κ3) is 5.28. The summed E-state index contributed by atoms with van der Waals surface area (Å²) in [4.78, 5) is 37.9. The van der Waals surface area contributed by atoms with Crippen LogP contribution in [0.15, 0.2) is 82.8 Å². The zero-order valence-corrected chi connectivity index (χ0v) is 24.9. The van der Waals surface area contributed by atoms with E-state index in [1.807, 2.05) is 48.5 Å². The largest absolute Gasteiger partial charge is 0.457 e. The number of benzene rings is 2. The van der Waals surface area contributed by atoms with Crippen LogP contribution in [-0.2, 0) is 9.47 Å². The summed E-state index contributed by atoms with van der Waals surface area (Å²) in [5.74, 6) is 1.59. The zero-order chi connectivity index (χ0) is 27.6. The molecule has 0 N–H and O–H groups in total. The van der Waals surface area contributed by atoms with E-state index in [9.17, 15) is 9.59 Å². The van der Waals surface area contributed by atoms with Crippen molar-refractivity contribution in [1.29, 1.82) is 0 Å². The van der Waals surface area contributed by atoms with Crippen LogP contribution in [0.3, 0.4) is 0 Å². The molecule has 4 aromatic rings. The molecular weight excluding hydrogens is 581 g/mol. The summed E-state index contributed by atoms with van der Waals surface area (Å²) in [7, 11) is 0. The van der Waals surface area contributed by atoms with Gasteiger partial charge in [0.2, 0.25) is 23.4 Å². The molecule has 0 aliphatic carbocycles. The second-order valence-corrected chi connectivity index (χ2v) is 13.6. The summed E-state index contributed by atoms with van der Waals surface area (Å²) in [6, 6.07) is 22.7. The van der Waals surface area contributed by atoms with Gasteiger partial charge < -0.3 is 9.47 Å². The Balaban J connectivity index is 1.21. The fraction of sp³-hybridized carbons (Fsp3) is 0.200. The number of rotatable bonds is 9. The van der Waals surface area contributed by atoms with Gasteiger partial charge in [-0.1, -0.05) is 50.2 Å². The Bertz CT molecular complexity index is 1530. The summed E-state index contributed by atoms with van der Waals surface area (Å²) < 4.78 is 12.4. The van der Waals surface area contributed by atoms with Gasteiger partial charge in [-0.2, -0.15) is 0 Å². The molecule has 2 atom stereocenters. The molecule has 2 aliphatic heterocycles. The monoisotopic (exact) mass is 604 g/mol. The smallest absolute Gasteiger partial charge is 0.244 e. The zero-order valence-electron chi connectivity index (χ0n) is 21.7. The highest BCUT2D eigenvalue weighted by molar-refractivity contribution is 7.99. The van der Waals surface area contributed by atoms with E-state index >= 15 is 0 Å². The molecule has 0 fully saturated rings. The third-order valence-electron chi connectivity index (χ3n) is 6.19. The fourth-order valence-corrected chi connectivity index (χ4v) is 7.76. The number of para-hydroxylation sites is 2. The predicted octanol–water partition coefficient (Wildman–Crippen LogP) is 8.60. The number of ketones is 2. The normalized spacial score (nSPS) is 17.6. The van der Waals surface area contributed by atoms with Crippen LogP contribution < -0.4 is 0 Å². The third-order valence-corrected chi connectivity index (χ3v) is 10.3. The van der Waals surface area contributed by atoms with Crippen molar-refractivity contribution in [2.75, 3.05) is 11.5 Å². The van der Waals surface area contributed by atoms with Crippen molar-refractivity contribution >= 4 is 80.9 Å². The molecule has 2 aliphatic rings. The van der Waals surface area contributed by atoms with Crippen molar-refractivity contribution in [2.24, 2.45) is 9.98 Å². The van der Waals surface area contributed by atoms with Crippen LogP contribution in [0, 0.1) is 0 Å². The maximum absolute atomic E-state index is 13.2. The molecule has 6 rings (SSSR count). The van der Waals surface area contributed by atoms with Gasteiger partial charge >= 0.3 is 0 Å². The van der Waals surface area contributed by atoms with Crippen LogP contribution >= 0.6 is 46.2 Å². The van der Waals surface area contributed by atoms with Gasteiger partial charge in [-0.3, -0.25) is 9.59 Å². The predicted molar refractivity (Wildman–Crippen MR) is 166 cm³/mol. The Morgan fingerprint density at radius 3 is 1.52 bits per heavy atom. The number of thiophene rings is 2. The lowest BCUT2D eigenvalue weighted by Gasteiger charge is -2.24. The van der Waals surface area contributed by atoms with Crippen LogP contribution in [0.1, 0.15) is 64.9 Å². The van der Waals surface area contributed by atoms with Crippen molar-refractivity contribution in [2.45, 2.75) is 24.7 Å². The molecule has 0 amide bonds. The minimum Gasteiger partial charge on any atom is -0.457 e. The molecule has 6 nitrogen and oxygen atoms in total. The summed E-state index contributed by atoms with van der Waals surface area (Å²) in [6.07, 6.45) is 0. The first-order chi connectivity index (χ1) is 19.6. The highest BCUT2D eigenvalue weighted by atomic mass is 32.2. The lowest BCUT2D eigenvalue weighted by atomic mass is 10.1. The highest BCUT2D eigenvalue weighted by Crippen LogP contribution is 2.42. The van der Waals surface area contributed by atoms with E-state index in [2.05, 4.69) is 23.8 Å². The number of fused-ring (bicyclic) bond motifs is 2. The number of ether oxygens (including phenoxy) is 2. The first-order valence-corrected chi connectivity index (χ1v) is 16.5. The number of carbonyl (C=O) groups is 2. The van der Waals surface area contributed by atoms with Crippen molar-refractivity contribution in [3.63, 3.8) is 0 Å². The van der Waals surface area contributed by atoms with Gasteiger partial charge in [0, 0.05) is 11.1 Å². The quantitative estimate of drug-likeness (QED) is 0.141. The van der Waals surface area contributed by atoms with Crippen molar-refractivity contribution < 1.29 is 19.1 Å². The molecule has 202 valence electrons. The van der Waals surface area contributed by atoms with Crippen LogP contribution in [0.25, 0.3) is 0 Å². The van der Waals surface area contributed by atoms with Crippen LogP contribution in [0.2, 0.25) is 0 Å². The van der Waals surface area contributed by atoms with Gasteiger partial charge in [0.1, 0.15) is 0 Å². The minimum absolute atomic E-state index is 0.173. The lowest BCUT2D eigenvalue weighted by molar-refractivity contribution is 0.0821. The Labute approximate surface area is 248 Å². The second kappa shape index (κ2) is 11.7. The number of carbonyl (C=O) groups excluding carboxylic acids is 2. The summed E-state index contributed by atoms with van der Waals surface area (Å²) >= 11 is 5.80. The number of nitrogens with zero attached hydrogens (tertiary/aromatic N) is 2. The first kappa shape index (κ1) is 27.0. The second-order valence-electron chi connectivity index (χ2n) is 8.75. The number of hydrogen-bond donors (Lipinski definition) is 0. The van der Waals surface area contributed by atoms with E-state index in [4.69, 9.17) is 9.47 Å². The Kier molecular flexibility index (Phi) is 7.93. The topological polar surface area (TPSA) is 77.3 Å². The average Bonchev–Trinajstić information content (AvgIpc) is 3.68. The van der Waals surface area contributed by atoms with Gasteiger partial charge in [-0.05, 0) is 47.9 Å². The first-order valence-electron chi connectivity index (χ1n) is 12.8. The summed E-state index contributed by atoms with van der Waals surface area (Å²) in [6.45, 7) is 4.17. The molecule has 0 spiro atoms. The molecule has 2 aromatic heterocycles. The van der Waals surface area contributed by atoms with Gasteiger partial charge in [0.05, 0.1) is 30.9 Å². The van der Waals surface area contributed by atoms with E-state index in [1.54, 1.807) is 47.8 Å². The molecule has 2 aromatic carbocycles. The Morgan fingerprint density at radius 1 is 0.675 bits per heavy atom. The number of thioether (sulfide) groups is 2. The average molecular weight is 605 g/mol. The van der Waals surface area contributed by atoms with E-state index in [0.29, 0.717) is 31.3 Å². The van der Waals surface area contributed by atoms with E-state index < -0.39 is 11.6 Å². The Hall–Kier alpha value is -3.18. The van der Waals surface area contributed by atoms with E-state index in [1.165, 1.54) is 22.7 Å².